The Balaban J connectivity index is 0.00000237. The summed E-state index contributed by atoms with van der Waals surface area (Å²) in [5, 5.41) is 2.27. The first-order valence-electron chi connectivity index (χ1n) is 11.8. The number of carbonyl (C=O) groups is 1. The second kappa shape index (κ2) is 12.4. The van der Waals surface area contributed by atoms with Gasteiger partial charge < -0.3 is 5.32 Å². The Labute approximate surface area is 235 Å². The number of carbonyl (C=O) groups excluding carboxylic acids is 1. The van der Waals surface area contributed by atoms with Gasteiger partial charge in [0.2, 0.25) is 21.8 Å². The van der Waals surface area contributed by atoms with Crippen molar-refractivity contribution >= 4 is 15.9 Å². The molecule has 0 radical (unpaired) electrons. The summed E-state index contributed by atoms with van der Waals surface area (Å²) >= 11 is 0. The van der Waals surface area contributed by atoms with Gasteiger partial charge in [-0.05, 0) is 44.0 Å². The minimum Gasteiger partial charge on any atom is -0.349 e. The number of benzene rings is 1. The van der Waals surface area contributed by atoms with E-state index in [4.69, 9.17) is 0 Å². The molecule has 1 N–H and O–H groups in total. The number of alkyl halides is 6. The van der Waals surface area contributed by atoms with Crippen LogP contribution in [0, 0.1) is 18.7 Å². The molecule has 3 aromatic rings. The second-order valence-electron chi connectivity index (χ2n) is 8.79. The number of hydrogen-bond donors (Lipinski definition) is 1. The zero-order valence-electron chi connectivity index (χ0n) is 21.5. The van der Waals surface area contributed by atoms with Crippen molar-refractivity contribution < 1.29 is 43.9 Å². The van der Waals surface area contributed by atoms with Crippen LogP contribution >= 0.6 is 0 Å². The van der Waals surface area contributed by atoms with Crippen LogP contribution in [0.15, 0.2) is 47.8 Å². The summed E-state index contributed by atoms with van der Waals surface area (Å²) in [6.45, 7) is 0.749. The minimum atomic E-state index is -4.95. The highest BCUT2D eigenvalue weighted by Crippen LogP contribution is 2.34. The van der Waals surface area contributed by atoms with Gasteiger partial charge in [-0.25, -0.2) is 32.7 Å². The summed E-state index contributed by atoms with van der Waals surface area (Å²) in [4.78, 5) is 26.3. The number of terminal acetylenes is 1. The maximum Gasteiger partial charge on any atom is 0.451 e. The van der Waals surface area contributed by atoms with Crippen LogP contribution in [0.2, 0.25) is 0 Å². The van der Waals surface area contributed by atoms with E-state index in [0.717, 1.165) is 28.6 Å². The molecule has 4 rings (SSSR count). The lowest BCUT2D eigenvalue weighted by Crippen LogP contribution is -2.48. The van der Waals surface area contributed by atoms with Gasteiger partial charge in [0.25, 0.3) is 0 Å². The molecule has 17 heteroatoms. The lowest BCUT2D eigenvalue weighted by atomic mass is 10.1. The van der Waals surface area contributed by atoms with Gasteiger partial charge in [-0.1, -0.05) is 0 Å². The standard InChI is InChI=1S/C23H19F7N6O3S.C2H2/c1-12-2-7-18(36(12)40(38,39)15-5-3-14(24)4-6-15)20(37)32-11-17-16(22(25,26)27)10-31-19(35-17)13-8-33-21(34-9-13)23(28,29)30;1-2/h3-6,8-10,12,18H,2,7,11H2,1H3,(H,32,37);1-2H/t12-,18-;/m0./s1. The van der Waals surface area contributed by atoms with Gasteiger partial charge in [0, 0.05) is 24.6 Å². The number of amides is 1. The molecule has 2 aromatic heterocycles. The maximum atomic E-state index is 13.6. The quantitative estimate of drug-likeness (QED) is 0.325. The first-order chi connectivity index (χ1) is 19.6. The molecule has 1 fully saturated rings. The average molecular weight is 619 g/mol. The monoisotopic (exact) mass is 618 g/mol. The van der Waals surface area contributed by atoms with Crippen LogP contribution in [0.4, 0.5) is 30.7 Å². The zero-order valence-corrected chi connectivity index (χ0v) is 22.3. The maximum absolute atomic E-state index is 13.6. The number of halogens is 7. The van der Waals surface area contributed by atoms with Crippen molar-refractivity contribution in [2.24, 2.45) is 0 Å². The summed E-state index contributed by atoms with van der Waals surface area (Å²) in [5.74, 6) is -3.47. The Morgan fingerprint density at radius 1 is 0.976 bits per heavy atom. The van der Waals surface area contributed by atoms with Crippen molar-refractivity contribution in [2.75, 3.05) is 0 Å². The van der Waals surface area contributed by atoms with Crippen molar-refractivity contribution in [3.05, 3.63) is 65.8 Å². The molecule has 1 aromatic carbocycles. The summed E-state index contributed by atoms with van der Waals surface area (Å²) in [5.41, 5.74) is -2.25. The molecule has 0 aliphatic carbocycles. The molecule has 0 spiro atoms. The highest BCUT2D eigenvalue weighted by molar-refractivity contribution is 7.89. The van der Waals surface area contributed by atoms with Crippen molar-refractivity contribution in [1.29, 1.82) is 0 Å². The van der Waals surface area contributed by atoms with E-state index in [0.29, 0.717) is 18.6 Å². The molecular formula is C25H21F7N6O3S. The molecule has 0 saturated carbocycles. The molecular weight excluding hydrogens is 597 g/mol. The third-order valence-corrected chi connectivity index (χ3v) is 8.10. The van der Waals surface area contributed by atoms with E-state index < -0.39 is 75.6 Å². The van der Waals surface area contributed by atoms with E-state index in [1.54, 1.807) is 6.92 Å². The third kappa shape index (κ3) is 6.99. The van der Waals surface area contributed by atoms with Gasteiger partial charge in [-0.2, -0.15) is 30.6 Å². The second-order valence-corrected chi connectivity index (χ2v) is 10.6. The predicted octanol–water partition coefficient (Wildman–Crippen LogP) is 4.22. The first-order valence-corrected chi connectivity index (χ1v) is 13.3. The highest BCUT2D eigenvalue weighted by Gasteiger charge is 2.44. The number of nitrogens with zero attached hydrogens (tertiary/aromatic N) is 5. The highest BCUT2D eigenvalue weighted by atomic mass is 32.2. The number of sulfonamides is 1. The number of aromatic nitrogens is 4. The number of hydrogen-bond acceptors (Lipinski definition) is 7. The molecule has 9 nitrogen and oxygen atoms in total. The summed E-state index contributed by atoms with van der Waals surface area (Å²) in [6.07, 6.45) is 0.345. The molecule has 1 aliphatic heterocycles. The molecule has 1 aliphatic rings. The Bertz CT molecular complexity index is 1540. The summed E-state index contributed by atoms with van der Waals surface area (Å²) in [7, 11) is -4.26. The van der Waals surface area contributed by atoms with Gasteiger partial charge in [0.1, 0.15) is 11.9 Å². The van der Waals surface area contributed by atoms with E-state index >= 15 is 0 Å². The van der Waals surface area contributed by atoms with Gasteiger partial charge in [0.15, 0.2) is 5.82 Å². The summed E-state index contributed by atoms with van der Waals surface area (Å²) < 4.78 is 120. The van der Waals surface area contributed by atoms with E-state index in [2.05, 4.69) is 38.1 Å². The van der Waals surface area contributed by atoms with Gasteiger partial charge in [-0.3, -0.25) is 4.79 Å². The Hall–Kier alpha value is -4.17. The smallest absolute Gasteiger partial charge is 0.349 e. The van der Waals surface area contributed by atoms with Gasteiger partial charge in [0.05, 0.1) is 28.3 Å². The van der Waals surface area contributed by atoms with Crippen LogP contribution in [-0.4, -0.2) is 50.6 Å². The van der Waals surface area contributed by atoms with Crippen molar-refractivity contribution in [3.63, 3.8) is 0 Å². The lowest BCUT2D eigenvalue weighted by Gasteiger charge is -2.27. The van der Waals surface area contributed by atoms with Crippen molar-refractivity contribution in [2.45, 2.75) is 55.6 Å². The molecule has 1 amide bonds. The SMILES string of the molecule is C#C.C[C@H]1CC[C@@H](C(=O)NCc2nc(-c3cnc(C(F)(F)F)nc3)ncc2C(F)(F)F)N1S(=O)(=O)c1ccc(F)cc1. The van der Waals surface area contributed by atoms with Crippen molar-refractivity contribution in [1.82, 2.24) is 29.6 Å². The zero-order chi connectivity index (χ0) is 31.5. The lowest BCUT2D eigenvalue weighted by molar-refractivity contribution is -0.145. The Morgan fingerprint density at radius 2 is 1.57 bits per heavy atom. The predicted molar refractivity (Wildman–Crippen MR) is 133 cm³/mol. The van der Waals surface area contributed by atoms with Crippen molar-refractivity contribution in [3.8, 4) is 24.2 Å². The Morgan fingerprint density at radius 3 is 2.12 bits per heavy atom. The number of nitrogens with one attached hydrogen (secondary N) is 1. The molecule has 42 heavy (non-hydrogen) atoms. The fourth-order valence-electron chi connectivity index (χ4n) is 4.15. The molecule has 224 valence electrons. The normalized spacial score (nSPS) is 17.8. The molecule has 0 bridgehead atoms. The van der Waals surface area contributed by atoms with Crippen LogP contribution in [-0.2, 0) is 33.7 Å². The van der Waals surface area contributed by atoms with Crippen LogP contribution in [0.1, 0.15) is 36.8 Å². The fourth-order valence-corrected chi connectivity index (χ4v) is 5.99. The van der Waals surface area contributed by atoms with E-state index in [9.17, 15) is 43.9 Å². The average Bonchev–Trinajstić information content (AvgIpc) is 3.34. The topological polar surface area (TPSA) is 118 Å². The first kappa shape index (κ1) is 32.3. The molecule has 0 unspecified atom stereocenters. The number of rotatable bonds is 6. The largest absolute Gasteiger partial charge is 0.451 e. The van der Waals surface area contributed by atoms with Crippen LogP contribution < -0.4 is 5.32 Å². The molecule has 1 saturated heterocycles. The van der Waals surface area contributed by atoms with E-state index in [1.165, 1.54) is 0 Å². The summed E-state index contributed by atoms with van der Waals surface area (Å²) in [6, 6.07) is 2.04. The minimum absolute atomic E-state index is 0.0669. The van der Waals surface area contributed by atoms with E-state index in [-0.39, 0.29) is 23.3 Å². The van der Waals surface area contributed by atoms with Crippen LogP contribution in [0.25, 0.3) is 11.4 Å². The van der Waals surface area contributed by atoms with Gasteiger partial charge in [-0.15, -0.1) is 12.8 Å². The fraction of sp³-hybridized carbons (Fsp3) is 0.320. The Kier molecular flexibility index (Phi) is 9.53. The van der Waals surface area contributed by atoms with E-state index in [1.807, 2.05) is 0 Å². The van der Waals surface area contributed by atoms with Crippen LogP contribution in [0.5, 0.6) is 0 Å². The third-order valence-electron chi connectivity index (χ3n) is 6.06. The molecule has 3 heterocycles. The molecule has 2 atom stereocenters. The van der Waals surface area contributed by atoms with Crippen LogP contribution in [0.3, 0.4) is 0 Å². The van der Waals surface area contributed by atoms with Gasteiger partial charge >= 0.3 is 12.4 Å².